The summed E-state index contributed by atoms with van der Waals surface area (Å²) in [7, 11) is 2.00. The molecule has 2 N–H and O–H groups in total. The summed E-state index contributed by atoms with van der Waals surface area (Å²) in [6.07, 6.45) is 15.6. The Morgan fingerprint density at radius 3 is 2.28 bits per heavy atom. The minimum Gasteiger partial charge on any atom is -0.478 e. The fourth-order valence-electron chi connectivity index (χ4n) is 14.0. The van der Waals surface area contributed by atoms with E-state index in [1.165, 1.54) is 74.7 Å². The van der Waals surface area contributed by atoms with Gasteiger partial charge in [-0.3, -0.25) is 0 Å². The molecule has 6 heteroatoms. The number of nitrogens with zero attached hydrogens (tertiary/aromatic N) is 2. The van der Waals surface area contributed by atoms with E-state index >= 15 is 0 Å². The van der Waals surface area contributed by atoms with E-state index in [4.69, 9.17) is 0 Å². The van der Waals surface area contributed by atoms with Crippen LogP contribution in [-0.2, 0) is 0 Å². The quantitative estimate of drug-likeness (QED) is 0.281. The van der Waals surface area contributed by atoms with E-state index in [9.17, 15) is 14.7 Å². The molecule has 0 spiro atoms. The fraction of sp³-hybridized carbons (Fsp3) is 0.727. The van der Waals surface area contributed by atoms with E-state index in [0.29, 0.717) is 35.2 Å². The van der Waals surface area contributed by atoms with Crippen molar-refractivity contribution in [1.29, 1.82) is 0 Å². The molecule has 50 heavy (non-hydrogen) atoms. The van der Waals surface area contributed by atoms with Crippen LogP contribution in [0.2, 0.25) is 0 Å². The number of hydrogen-bond acceptors (Lipinski definition) is 3. The van der Waals surface area contributed by atoms with Crippen molar-refractivity contribution in [2.24, 2.45) is 51.2 Å². The summed E-state index contributed by atoms with van der Waals surface area (Å²) in [6.45, 7) is 23.8. The topological polar surface area (TPSA) is 72.9 Å². The molecule has 0 unspecified atom stereocenters. The Bertz CT molecular complexity index is 1540. The maximum Gasteiger partial charge on any atom is 0.335 e. The van der Waals surface area contributed by atoms with Gasteiger partial charge in [0, 0.05) is 25.7 Å². The molecular weight excluding hydrogens is 619 g/mol. The Morgan fingerprint density at radius 1 is 0.920 bits per heavy atom. The minimum absolute atomic E-state index is 0.000126. The van der Waals surface area contributed by atoms with Gasteiger partial charge in [-0.25, -0.2) is 9.59 Å². The van der Waals surface area contributed by atoms with Gasteiger partial charge < -0.3 is 20.2 Å². The molecule has 2 amide bonds. The minimum atomic E-state index is -0.869. The van der Waals surface area contributed by atoms with E-state index in [1.807, 2.05) is 24.1 Å². The van der Waals surface area contributed by atoms with Crippen LogP contribution in [0.25, 0.3) is 5.57 Å². The lowest BCUT2D eigenvalue weighted by molar-refractivity contribution is -0.218. The van der Waals surface area contributed by atoms with Crippen LogP contribution in [0.3, 0.4) is 0 Å². The van der Waals surface area contributed by atoms with Gasteiger partial charge in [-0.15, -0.1) is 0 Å². The Kier molecular flexibility index (Phi) is 8.96. The standard InChI is InChI=1S/C44H65N3O3/c1-29(2)32-17-22-44(45-39(50)46(8)27-28-47-25-9-10-26-47)24-23-42(6)34(37(32)44)15-16-36-41(5)20-18-33(30-11-13-31(14-12-30)38(48)49)40(3,4)35(41)19-21-43(36,42)7/h11-14,18,32,34-37H,1,9-10,15-17,19-28H2,2-8H3,(H,45,50)(H,48,49)/t32-,34+,35-,36+,37+,41-,42+,43+,44-/m0/s1. The third-order valence-corrected chi connectivity index (χ3v) is 16.7. The largest absolute Gasteiger partial charge is 0.478 e. The van der Waals surface area contributed by atoms with Crippen LogP contribution in [0.1, 0.15) is 128 Å². The number of carboxylic acids is 1. The zero-order valence-corrected chi connectivity index (χ0v) is 32.2. The number of amides is 2. The molecule has 1 saturated heterocycles. The SMILES string of the molecule is C=C(C)[C@@H]1CC[C@]2(NC(=O)N(C)CCN3CCCC3)CC[C@]3(C)[C@H](CC[C@@H]4[C@@]5(C)CC=C(c6ccc(C(=O)O)cc6)C(C)(C)[C@@H]5CC[C@]43C)[C@@H]12. The predicted molar refractivity (Wildman–Crippen MR) is 203 cm³/mol. The highest BCUT2D eigenvalue weighted by atomic mass is 16.4. The molecule has 0 aromatic heterocycles. The Hall–Kier alpha value is -2.60. The lowest BCUT2D eigenvalue weighted by Crippen LogP contribution is -2.68. The first-order valence-corrected chi connectivity index (χ1v) is 20.0. The maximum atomic E-state index is 13.9. The zero-order chi connectivity index (χ0) is 35.9. The summed E-state index contributed by atoms with van der Waals surface area (Å²) in [5.74, 6) is 1.83. The van der Waals surface area contributed by atoms with Crippen molar-refractivity contribution in [3.05, 3.63) is 53.6 Å². The average Bonchev–Trinajstić information content (AvgIpc) is 3.72. The normalized spacial score (nSPS) is 40.5. The van der Waals surface area contributed by atoms with Crippen molar-refractivity contribution in [2.45, 2.75) is 118 Å². The second-order valence-corrected chi connectivity index (χ2v) is 19.2. The number of hydrogen-bond donors (Lipinski definition) is 2. The van der Waals surface area contributed by atoms with Gasteiger partial charge in [0.2, 0.25) is 0 Å². The Morgan fingerprint density at radius 2 is 1.62 bits per heavy atom. The number of carbonyl (C=O) groups excluding carboxylic acids is 1. The molecule has 6 nitrogen and oxygen atoms in total. The summed E-state index contributed by atoms with van der Waals surface area (Å²) in [5.41, 5.74) is 4.73. The van der Waals surface area contributed by atoms with Crippen LogP contribution >= 0.6 is 0 Å². The lowest BCUT2D eigenvalue weighted by atomic mass is 9.33. The van der Waals surface area contributed by atoms with Crippen LogP contribution in [0, 0.1) is 51.2 Å². The molecule has 7 rings (SSSR count). The van der Waals surface area contributed by atoms with Gasteiger partial charge in [0.1, 0.15) is 0 Å². The van der Waals surface area contributed by atoms with E-state index in [0.717, 1.165) is 38.8 Å². The number of allylic oxidation sites excluding steroid dienone is 3. The molecule has 1 aromatic rings. The van der Waals surface area contributed by atoms with Gasteiger partial charge in [0.15, 0.2) is 0 Å². The predicted octanol–water partition coefficient (Wildman–Crippen LogP) is 9.53. The first-order chi connectivity index (χ1) is 23.6. The number of benzene rings is 1. The second-order valence-electron chi connectivity index (χ2n) is 19.2. The van der Waals surface area contributed by atoms with Crippen molar-refractivity contribution in [2.75, 3.05) is 33.2 Å². The number of urea groups is 1. The summed E-state index contributed by atoms with van der Waals surface area (Å²) in [6, 6.07) is 7.70. The van der Waals surface area contributed by atoms with Gasteiger partial charge in [-0.1, -0.05) is 65.0 Å². The van der Waals surface area contributed by atoms with Crippen molar-refractivity contribution >= 4 is 17.6 Å². The van der Waals surface area contributed by atoms with Gasteiger partial charge in [0.05, 0.1) is 5.56 Å². The number of rotatable bonds is 7. The average molecular weight is 684 g/mol. The molecule has 9 atom stereocenters. The fourth-order valence-corrected chi connectivity index (χ4v) is 14.0. The molecule has 274 valence electrons. The monoisotopic (exact) mass is 684 g/mol. The van der Waals surface area contributed by atoms with E-state index in [-0.39, 0.29) is 33.2 Å². The molecule has 4 saturated carbocycles. The van der Waals surface area contributed by atoms with Crippen molar-refractivity contribution in [3.63, 3.8) is 0 Å². The smallest absolute Gasteiger partial charge is 0.335 e. The van der Waals surface area contributed by atoms with Crippen LogP contribution in [-0.4, -0.2) is 65.7 Å². The van der Waals surface area contributed by atoms with Gasteiger partial charge in [0.25, 0.3) is 0 Å². The van der Waals surface area contributed by atoms with Crippen molar-refractivity contribution in [1.82, 2.24) is 15.1 Å². The number of aromatic carboxylic acids is 1. The second kappa shape index (κ2) is 12.5. The summed E-state index contributed by atoms with van der Waals surface area (Å²) in [5, 5.41) is 13.3. The Labute approximate surface area is 302 Å². The Balaban J connectivity index is 1.16. The number of likely N-dealkylation sites (N-methyl/N-ethyl adjacent to an activating group) is 1. The van der Waals surface area contributed by atoms with Crippen LogP contribution < -0.4 is 5.32 Å². The van der Waals surface area contributed by atoms with Gasteiger partial charge in [-0.05, 0) is 165 Å². The molecule has 0 radical (unpaired) electrons. The van der Waals surface area contributed by atoms with E-state index in [2.05, 4.69) is 64.4 Å². The molecule has 0 bridgehead atoms. The molecule has 1 aliphatic heterocycles. The first-order valence-electron chi connectivity index (χ1n) is 20.0. The number of likely N-dealkylation sites (tertiary alicyclic amines) is 1. The number of fused-ring (bicyclic) bond motifs is 7. The molecule has 6 aliphatic rings. The zero-order valence-electron chi connectivity index (χ0n) is 32.2. The number of nitrogens with one attached hydrogen (secondary N) is 1. The highest BCUT2D eigenvalue weighted by Crippen LogP contribution is 2.76. The first kappa shape index (κ1) is 35.8. The lowest BCUT2D eigenvalue weighted by Gasteiger charge is -2.72. The molecule has 5 aliphatic carbocycles. The van der Waals surface area contributed by atoms with Gasteiger partial charge >= 0.3 is 12.0 Å². The molecular formula is C44H65N3O3. The van der Waals surface area contributed by atoms with E-state index in [1.54, 1.807) is 12.1 Å². The summed E-state index contributed by atoms with van der Waals surface area (Å²) < 4.78 is 0. The van der Waals surface area contributed by atoms with Gasteiger partial charge in [-0.2, -0.15) is 0 Å². The van der Waals surface area contributed by atoms with Crippen LogP contribution in [0.4, 0.5) is 4.79 Å². The number of carbonyl (C=O) groups is 2. The highest BCUT2D eigenvalue weighted by molar-refractivity contribution is 5.88. The third-order valence-electron chi connectivity index (χ3n) is 16.7. The maximum absolute atomic E-state index is 13.9. The highest BCUT2D eigenvalue weighted by Gasteiger charge is 2.70. The molecule has 5 fully saturated rings. The summed E-state index contributed by atoms with van der Waals surface area (Å²) in [4.78, 5) is 30.0. The summed E-state index contributed by atoms with van der Waals surface area (Å²) >= 11 is 0. The van der Waals surface area contributed by atoms with Crippen LogP contribution in [0.5, 0.6) is 0 Å². The molecule has 1 heterocycles. The van der Waals surface area contributed by atoms with Crippen molar-refractivity contribution in [3.8, 4) is 0 Å². The third kappa shape index (κ3) is 5.35. The van der Waals surface area contributed by atoms with Crippen LogP contribution in [0.15, 0.2) is 42.5 Å². The van der Waals surface area contributed by atoms with E-state index < -0.39 is 5.97 Å². The number of carboxylic acid groups (broad SMARTS) is 1. The molecule has 1 aromatic carbocycles. The van der Waals surface area contributed by atoms with Crippen molar-refractivity contribution < 1.29 is 14.7 Å².